The molecular weight excluding hydrogens is 436 g/mol. The van der Waals surface area contributed by atoms with Crippen LogP contribution >= 0.6 is 0 Å². The van der Waals surface area contributed by atoms with Crippen molar-refractivity contribution in [1.82, 2.24) is 10.2 Å². The normalized spacial score (nSPS) is 13.0. The monoisotopic (exact) mass is 478 g/mol. The van der Waals surface area contributed by atoms with Crippen LogP contribution in [0.1, 0.15) is 74.4 Å². The first-order valence-corrected chi connectivity index (χ1v) is 13.3. The first kappa shape index (κ1) is 26.7. The molecule has 35 heavy (non-hydrogen) atoms. The number of hydrogen-bond acceptors (Lipinski definition) is 4. The van der Waals surface area contributed by atoms with Crippen molar-refractivity contribution in [3.05, 3.63) is 59.2 Å². The van der Waals surface area contributed by atoms with Crippen molar-refractivity contribution >= 4 is 23.2 Å². The first-order chi connectivity index (χ1) is 17.0. The summed E-state index contributed by atoms with van der Waals surface area (Å²) in [5, 5.41) is 6.11. The molecule has 3 rings (SSSR count). The molecule has 190 valence electrons. The molecule has 0 bridgehead atoms. The van der Waals surface area contributed by atoms with Gasteiger partial charge in [-0.15, -0.1) is 0 Å². The second-order valence-electron chi connectivity index (χ2n) is 9.31. The summed E-state index contributed by atoms with van der Waals surface area (Å²) in [5.74, 6) is -0.0845. The SMILES string of the molecule is CCCCCCC(=O)Nc1ccc(N2CCc3ccccc3C2)c(C(=O)NCCN(CC)CC)c1. The van der Waals surface area contributed by atoms with Crippen LogP contribution in [-0.2, 0) is 17.8 Å². The van der Waals surface area contributed by atoms with Crippen LogP contribution in [0.4, 0.5) is 11.4 Å². The lowest BCUT2D eigenvalue weighted by Crippen LogP contribution is -2.36. The molecule has 6 heteroatoms. The number of hydrogen-bond donors (Lipinski definition) is 2. The molecule has 0 saturated heterocycles. The largest absolute Gasteiger partial charge is 0.366 e. The van der Waals surface area contributed by atoms with Crippen LogP contribution in [0.5, 0.6) is 0 Å². The van der Waals surface area contributed by atoms with E-state index >= 15 is 0 Å². The van der Waals surface area contributed by atoms with E-state index in [-0.39, 0.29) is 11.8 Å². The zero-order chi connectivity index (χ0) is 25.0. The van der Waals surface area contributed by atoms with E-state index in [1.165, 1.54) is 11.1 Å². The number of rotatable bonds is 13. The minimum Gasteiger partial charge on any atom is -0.366 e. The maximum atomic E-state index is 13.3. The number of fused-ring (bicyclic) bond motifs is 1. The second-order valence-corrected chi connectivity index (χ2v) is 9.31. The minimum atomic E-state index is -0.0925. The highest BCUT2D eigenvalue weighted by molar-refractivity contribution is 6.02. The van der Waals surface area contributed by atoms with E-state index in [1.54, 1.807) is 0 Å². The zero-order valence-corrected chi connectivity index (χ0v) is 21.7. The first-order valence-electron chi connectivity index (χ1n) is 13.3. The molecule has 0 unspecified atom stereocenters. The molecule has 2 aromatic rings. The lowest BCUT2D eigenvalue weighted by Gasteiger charge is -2.32. The van der Waals surface area contributed by atoms with Gasteiger partial charge in [0.25, 0.3) is 5.91 Å². The van der Waals surface area contributed by atoms with Gasteiger partial charge in [-0.05, 0) is 55.3 Å². The van der Waals surface area contributed by atoms with Gasteiger partial charge in [-0.1, -0.05) is 64.3 Å². The molecule has 1 aliphatic rings. The summed E-state index contributed by atoms with van der Waals surface area (Å²) in [6, 6.07) is 14.3. The molecule has 0 aliphatic carbocycles. The molecule has 2 aromatic carbocycles. The Morgan fingerprint density at radius 1 is 0.971 bits per heavy atom. The predicted octanol–water partition coefficient (Wildman–Crippen LogP) is 5.23. The van der Waals surface area contributed by atoms with E-state index in [1.807, 2.05) is 18.2 Å². The smallest absolute Gasteiger partial charge is 0.253 e. The quantitative estimate of drug-likeness (QED) is 0.387. The topological polar surface area (TPSA) is 64.7 Å². The van der Waals surface area contributed by atoms with Gasteiger partial charge in [0.2, 0.25) is 5.91 Å². The van der Waals surface area contributed by atoms with Gasteiger partial charge in [-0.25, -0.2) is 0 Å². The standard InChI is InChI=1S/C29H42N4O2/c1-4-7-8-9-14-28(34)31-25-15-16-27(33-19-17-23-12-10-11-13-24(23)22-33)26(21-25)29(35)30-18-20-32(5-2)6-3/h10-13,15-16,21H,4-9,14,17-20,22H2,1-3H3,(H,30,35)(H,31,34). The molecule has 1 aliphatic heterocycles. The van der Waals surface area contributed by atoms with Gasteiger partial charge in [0.05, 0.1) is 5.56 Å². The molecule has 0 saturated carbocycles. The fourth-order valence-electron chi connectivity index (χ4n) is 4.67. The zero-order valence-electron chi connectivity index (χ0n) is 21.7. The minimum absolute atomic E-state index is 0.00800. The lowest BCUT2D eigenvalue weighted by molar-refractivity contribution is -0.116. The highest BCUT2D eigenvalue weighted by Crippen LogP contribution is 2.29. The molecular formula is C29H42N4O2. The van der Waals surface area contributed by atoms with E-state index < -0.39 is 0 Å². The van der Waals surface area contributed by atoms with Gasteiger partial charge in [-0.2, -0.15) is 0 Å². The Morgan fingerprint density at radius 3 is 2.49 bits per heavy atom. The summed E-state index contributed by atoms with van der Waals surface area (Å²) < 4.78 is 0. The summed E-state index contributed by atoms with van der Waals surface area (Å²) >= 11 is 0. The maximum absolute atomic E-state index is 13.3. The summed E-state index contributed by atoms with van der Waals surface area (Å²) in [5.41, 5.74) is 4.89. The third-order valence-corrected chi connectivity index (χ3v) is 6.86. The number of nitrogens with zero attached hydrogens (tertiary/aromatic N) is 2. The predicted molar refractivity (Wildman–Crippen MR) is 145 cm³/mol. The van der Waals surface area contributed by atoms with Gasteiger partial charge in [0, 0.05) is 44.0 Å². The van der Waals surface area contributed by atoms with Crippen LogP contribution in [0.25, 0.3) is 0 Å². The molecule has 0 radical (unpaired) electrons. The van der Waals surface area contributed by atoms with Crippen LogP contribution in [-0.4, -0.2) is 49.4 Å². The van der Waals surface area contributed by atoms with Crippen LogP contribution in [0.15, 0.2) is 42.5 Å². The summed E-state index contributed by atoms with van der Waals surface area (Å²) in [7, 11) is 0. The Morgan fingerprint density at radius 2 is 1.74 bits per heavy atom. The van der Waals surface area contributed by atoms with E-state index in [4.69, 9.17) is 0 Å². The number of carbonyl (C=O) groups excluding carboxylic acids is 2. The average molecular weight is 479 g/mol. The highest BCUT2D eigenvalue weighted by Gasteiger charge is 2.22. The third-order valence-electron chi connectivity index (χ3n) is 6.86. The Labute approximate surface area is 211 Å². The van der Waals surface area contributed by atoms with Crippen LogP contribution in [0.3, 0.4) is 0 Å². The van der Waals surface area contributed by atoms with Gasteiger partial charge in [-0.3, -0.25) is 9.59 Å². The van der Waals surface area contributed by atoms with E-state index in [0.717, 1.165) is 70.5 Å². The van der Waals surface area contributed by atoms with Crippen molar-refractivity contribution in [2.24, 2.45) is 0 Å². The molecule has 0 spiro atoms. The second kappa shape index (κ2) is 13.9. The van der Waals surface area contributed by atoms with Gasteiger partial charge < -0.3 is 20.4 Å². The highest BCUT2D eigenvalue weighted by atomic mass is 16.2. The number of likely N-dealkylation sites (N-methyl/N-ethyl adjacent to an activating group) is 1. The fourth-order valence-corrected chi connectivity index (χ4v) is 4.67. The van der Waals surface area contributed by atoms with Crippen molar-refractivity contribution in [3.8, 4) is 0 Å². The van der Waals surface area contributed by atoms with Crippen molar-refractivity contribution in [2.75, 3.05) is 42.9 Å². The fraction of sp³-hybridized carbons (Fsp3) is 0.517. The number of benzene rings is 2. The number of unbranched alkanes of at least 4 members (excludes halogenated alkanes) is 3. The Balaban J connectivity index is 1.76. The molecule has 2 amide bonds. The number of amides is 2. The number of nitrogens with one attached hydrogen (secondary N) is 2. The lowest BCUT2D eigenvalue weighted by atomic mass is 9.98. The Bertz CT molecular complexity index is 971. The molecule has 2 N–H and O–H groups in total. The molecule has 0 atom stereocenters. The average Bonchev–Trinajstić information content (AvgIpc) is 2.88. The summed E-state index contributed by atoms with van der Waals surface area (Å²) in [6.07, 6.45) is 5.73. The van der Waals surface area contributed by atoms with Crippen molar-refractivity contribution in [2.45, 2.75) is 65.8 Å². The van der Waals surface area contributed by atoms with E-state index in [2.05, 4.69) is 65.5 Å². The molecule has 0 fully saturated rings. The number of carbonyl (C=O) groups is 2. The molecule has 0 aromatic heterocycles. The Hall–Kier alpha value is -2.86. The van der Waals surface area contributed by atoms with E-state index in [0.29, 0.717) is 24.2 Å². The van der Waals surface area contributed by atoms with Crippen molar-refractivity contribution < 1.29 is 9.59 Å². The van der Waals surface area contributed by atoms with Gasteiger partial charge in [0.1, 0.15) is 0 Å². The van der Waals surface area contributed by atoms with Gasteiger partial charge >= 0.3 is 0 Å². The van der Waals surface area contributed by atoms with Gasteiger partial charge in [0.15, 0.2) is 0 Å². The summed E-state index contributed by atoms with van der Waals surface area (Å²) in [6.45, 7) is 11.4. The number of anilines is 2. The third kappa shape index (κ3) is 7.82. The maximum Gasteiger partial charge on any atom is 0.253 e. The summed E-state index contributed by atoms with van der Waals surface area (Å²) in [4.78, 5) is 30.4. The van der Waals surface area contributed by atoms with Crippen LogP contribution in [0.2, 0.25) is 0 Å². The van der Waals surface area contributed by atoms with Crippen LogP contribution < -0.4 is 15.5 Å². The van der Waals surface area contributed by atoms with E-state index in [9.17, 15) is 9.59 Å². The van der Waals surface area contributed by atoms with Crippen molar-refractivity contribution in [1.29, 1.82) is 0 Å². The van der Waals surface area contributed by atoms with Crippen molar-refractivity contribution in [3.63, 3.8) is 0 Å². The van der Waals surface area contributed by atoms with Crippen LogP contribution in [0, 0.1) is 0 Å². The molecule has 6 nitrogen and oxygen atoms in total. The Kier molecular flexibility index (Phi) is 10.6. The molecule has 1 heterocycles.